The van der Waals surface area contributed by atoms with Gasteiger partial charge in [-0.15, -0.1) is 0 Å². The average molecular weight is 154 g/mol. The number of rotatable bonds is 6. The Bertz CT molecular complexity index is 101. The van der Waals surface area contributed by atoms with Crippen LogP contribution in [0.1, 0.15) is 59.3 Å². The van der Waals surface area contributed by atoms with Crippen molar-refractivity contribution in [2.24, 2.45) is 0 Å². The van der Waals surface area contributed by atoms with Gasteiger partial charge in [0, 0.05) is 0 Å². The zero-order chi connectivity index (χ0) is 8.53. The molecular weight excluding hydrogens is 132 g/mol. The summed E-state index contributed by atoms with van der Waals surface area (Å²) >= 11 is 0. The van der Waals surface area contributed by atoms with Crippen molar-refractivity contribution >= 4 is 0 Å². The number of hydrogen-bond acceptors (Lipinski definition) is 0. The van der Waals surface area contributed by atoms with Crippen LogP contribution in [0.15, 0.2) is 11.6 Å². The fourth-order valence-electron chi connectivity index (χ4n) is 1.11. The molecule has 0 bridgehead atoms. The Kier molecular flexibility index (Phi) is 7.66. The van der Waals surface area contributed by atoms with Crippen LogP contribution in [0.25, 0.3) is 0 Å². The van der Waals surface area contributed by atoms with E-state index in [9.17, 15) is 0 Å². The largest absolute Gasteiger partial charge is 0.0856 e. The maximum atomic E-state index is 2.40. The van der Waals surface area contributed by atoms with Gasteiger partial charge in [0.1, 0.15) is 0 Å². The molecule has 0 aliphatic rings. The summed E-state index contributed by atoms with van der Waals surface area (Å²) in [6.45, 7) is 6.75. The molecule has 0 N–H and O–H groups in total. The molecule has 0 heterocycles. The van der Waals surface area contributed by atoms with E-state index in [0.29, 0.717) is 0 Å². The van der Waals surface area contributed by atoms with Gasteiger partial charge in [-0.05, 0) is 26.2 Å². The van der Waals surface area contributed by atoms with Crippen molar-refractivity contribution in [2.75, 3.05) is 0 Å². The predicted octanol–water partition coefficient (Wildman–Crippen LogP) is 4.31. The molecular formula is C11H22. The third-order valence-electron chi connectivity index (χ3n) is 1.98. The van der Waals surface area contributed by atoms with Gasteiger partial charge in [0.15, 0.2) is 0 Å². The molecule has 0 fully saturated rings. The van der Waals surface area contributed by atoms with Crippen molar-refractivity contribution in [1.82, 2.24) is 0 Å². The normalized spacial score (nSPS) is 12.1. The van der Waals surface area contributed by atoms with E-state index in [1.165, 1.54) is 38.5 Å². The summed E-state index contributed by atoms with van der Waals surface area (Å²) in [5, 5.41) is 0. The Hall–Kier alpha value is -0.260. The highest BCUT2D eigenvalue weighted by Gasteiger charge is 1.87. The van der Waals surface area contributed by atoms with Crippen molar-refractivity contribution < 1.29 is 0 Å². The first-order valence-electron chi connectivity index (χ1n) is 4.96. The summed E-state index contributed by atoms with van der Waals surface area (Å²) in [4.78, 5) is 0. The standard InChI is InChI=1S/C11H22/c1-4-6-8-10-11(3)9-7-5-2/h10H,4-9H2,1-3H3. The molecule has 0 aromatic rings. The molecule has 0 saturated heterocycles. The van der Waals surface area contributed by atoms with Gasteiger partial charge in [-0.1, -0.05) is 44.8 Å². The summed E-state index contributed by atoms with van der Waals surface area (Å²) < 4.78 is 0. The van der Waals surface area contributed by atoms with E-state index < -0.39 is 0 Å². The van der Waals surface area contributed by atoms with E-state index >= 15 is 0 Å². The molecule has 0 aromatic carbocycles. The maximum absolute atomic E-state index is 2.40. The minimum atomic E-state index is 1.28. The zero-order valence-electron chi connectivity index (χ0n) is 8.32. The molecule has 0 aliphatic carbocycles. The van der Waals surface area contributed by atoms with Crippen LogP contribution >= 0.6 is 0 Å². The highest BCUT2D eigenvalue weighted by molar-refractivity contribution is 4.97. The molecule has 0 aliphatic heterocycles. The zero-order valence-corrected chi connectivity index (χ0v) is 8.32. The minimum absolute atomic E-state index is 1.28. The van der Waals surface area contributed by atoms with Gasteiger partial charge in [0.25, 0.3) is 0 Å². The second-order valence-corrected chi connectivity index (χ2v) is 3.30. The summed E-state index contributed by atoms with van der Waals surface area (Å²) in [7, 11) is 0. The van der Waals surface area contributed by atoms with Crippen LogP contribution in [0.2, 0.25) is 0 Å². The second kappa shape index (κ2) is 7.84. The summed E-state index contributed by atoms with van der Waals surface area (Å²) in [6.07, 6.45) is 10.3. The molecule has 0 atom stereocenters. The summed E-state index contributed by atoms with van der Waals surface area (Å²) in [6, 6.07) is 0. The second-order valence-electron chi connectivity index (χ2n) is 3.30. The van der Waals surface area contributed by atoms with Crippen molar-refractivity contribution in [3.05, 3.63) is 11.6 Å². The monoisotopic (exact) mass is 154 g/mol. The minimum Gasteiger partial charge on any atom is -0.0856 e. The van der Waals surface area contributed by atoms with Gasteiger partial charge < -0.3 is 0 Å². The van der Waals surface area contributed by atoms with Crippen LogP contribution in [-0.2, 0) is 0 Å². The Balaban J connectivity index is 3.30. The van der Waals surface area contributed by atoms with E-state index in [0.717, 1.165) is 0 Å². The predicted molar refractivity (Wildman–Crippen MR) is 52.8 cm³/mol. The molecule has 66 valence electrons. The first-order valence-corrected chi connectivity index (χ1v) is 4.96. The van der Waals surface area contributed by atoms with Crippen molar-refractivity contribution in [1.29, 1.82) is 0 Å². The Morgan fingerprint density at radius 1 is 1.09 bits per heavy atom. The van der Waals surface area contributed by atoms with Gasteiger partial charge in [-0.3, -0.25) is 0 Å². The van der Waals surface area contributed by atoms with Crippen molar-refractivity contribution in [3.8, 4) is 0 Å². The average Bonchev–Trinajstić information content (AvgIpc) is 2.01. The summed E-state index contributed by atoms with van der Waals surface area (Å²) in [5.74, 6) is 0. The lowest BCUT2D eigenvalue weighted by Crippen LogP contribution is -1.77. The van der Waals surface area contributed by atoms with Crippen LogP contribution in [0.4, 0.5) is 0 Å². The molecule has 0 unspecified atom stereocenters. The third-order valence-corrected chi connectivity index (χ3v) is 1.98. The van der Waals surface area contributed by atoms with Crippen LogP contribution in [0.5, 0.6) is 0 Å². The van der Waals surface area contributed by atoms with Crippen LogP contribution < -0.4 is 0 Å². The molecule has 0 radical (unpaired) electrons. The molecule has 11 heavy (non-hydrogen) atoms. The first kappa shape index (κ1) is 10.7. The van der Waals surface area contributed by atoms with Gasteiger partial charge >= 0.3 is 0 Å². The molecule has 0 aromatic heterocycles. The number of unbranched alkanes of at least 4 members (excludes halogenated alkanes) is 3. The number of hydrogen-bond donors (Lipinski definition) is 0. The Morgan fingerprint density at radius 2 is 1.73 bits per heavy atom. The lowest BCUT2D eigenvalue weighted by atomic mass is 10.1. The maximum Gasteiger partial charge on any atom is -0.0323 e. The molecule has 0 nitrogen and oxygen atoms in total. The first-order chi connectivity index (χ1) is 5.31. The third kappa shape index (κ3) is 7.64. The van der Waals surface area contributed by atoms with E-state index in [-0.39, 0.29) is 0 Å². The van der Waals surface area contributed by atoms with Gasteiger partial charge in [0.05, 0.1) is 0 Å². The molecule has 0 amide bonds. The fourth-order valence-corrected chi connectivity index (χ4v) is 1.11. The van der Waals surface area contributed by atoms with E-state index in [4.69, 9.17) is 0 Å². The lowest BCUT2D eigenvalue weighted by molar-refractivity contribution is 0.768. The van der Waals surface area contributed by atoms with Gasteiger partial charge in [-0.2, -0.15) is 0 Å². The molecule has 0 rings (SSSR count). The lowest BCUT2D eigenvalue weighted by Gasteiger charge is -1.98. The summed E-state index contributed by atoms with van der Waals surface area (Å²) in [5.41, 5.74) is 1.58. The van der Waals surface area contributed by atoms with Crippen LogP contribution in [0.3, 0.4) is 0 Å². The van der Waals surface area contributed by atoms with Gasteiger partial charge in [0.2, 0.25) is 0 Å². The van der Waals surface area contributed by atoms with E-state index in [1.807, 2.05) is 0 Å². The van der Waals surface area contributed by atoms with E-state index in [2.05, 4.69) is 26.8 Å². The fraction of sp³-hybridized carbons (Fsp3) is 0.818. The smallest absolute Gasteiger partial charge is 0.0323 e. The Labute approximate surface area is 71.7 Å². The van der Waals surface area contributed by atoms with Crippen LogP contribution in [0, 0.1) is 0 Å². The molecule has 0 saturated carbocycles. The SMILES string of the molecule is CCCCC=C(C)CCCC. The molecule has 0 heteroatoms. The highest BCUT2D eigenvalue weighted by Crippen LogP contribution is 2.08. The van der Waals surface area contributed by atoms with Crippen LogP contribution in [-0.4, -0.2) is 0 Å². The van der Waals surface area contributed by atoms with Gasteiger partial charge in [-0.25, -0.2) is 0 Å². The number of allylic oxidation sites excluding steroid dienone is 2. The van der Waals surface area contributed by atoms with E-state index in [1.54, 1.807) is 5.57 Å². The topological polar surface area (TPSA) is 0 Å². The van der Waals surface area contributed by atoms with Crippen molar-refractivity contribution in [3.63, 3.8) is 0 Å². The highest BCUT2D eigenvalue weighted by atomic mass is 13.9. The Morgan fingerprint density at radius 3 is 2.27 bits per heavy atom. The quantitative estimate of drug-likeness (QED) is 0.395. The van der Waals surface area contributed by atoms with Crippen molar-refractivity contribution in [2.45, 2.75) is 59.3 Å². The molecule has 0 spiro atoms.